The van der Waals surface area contributed by atoms with E-state index in [2.05, 4.69) is 15.9 Å². The predicted molar refractivity (Wildman–Crippen MR) is 75.8 cm³/mol. The second-order valence-corrected chi connectivity index (χ2v) is 5.51. The fraction of sp³-hybridized carbons (Fsp3) is 0.385. The Kier molecular flexibility index (Phi) is 5.38. The van der Waals surface area contributed by atoms with Gasteiger partial charge in [0.2, 0.25) is 10.8 Å². The highest BCUT2D eigenvalue weighted by Crippen LogP contribution is 2.28. The van der Waals surface area contributed by atoms with Gasteiger partial charge < -0.3 is 9.84 Å². The minimum absolute atomic E-state index is 0.188. The van der Waals surface area contributed by atoms with Gasteiger partial charge in [0.25, 0.3) is 0 Å². The number of ketones is 1. The zero-order valence-electron chi connectivity index (χ0n) is 10.5. The number of ether oxygens (including phenoxy) is 1. The summed E-state index contributed by atoms with van der Waals surface area (Å²) in [6.45, 7) is 3.03. The lowest BCUT2D eigenvalue weighted by atomic mass is 9.83. The van der Waals surface area contributed by atoms with Crippen LogP contribution in [0.15, 0.2) is 24.3 Å². The SMILES string of the molecule is CCC(C)(C(=O)O)C(=O)C(Br)Oc1ccc(Cl)cc1. The number of hydrogen-bond acceptors (Lipinski definition) is 3. The second-order valence-electron chi connectivity index (χ2n) is 4.24. The normalized spacial score (nSPS) is 15.4. The molecule has 0 aliphatic rings. The highest BCUT2D eigenvalue weighted by atomic mass is 79.9. The van der Waals surface area contributed by atoms with E-state index in [1.807, 2.05) is 0 Å². The number of hydrogen-bond donors (Lipinski definition) is 1. The summed E-state index contributed by atoms with van der Waals surface area (Å²) in [6, 6.07) is 6.45. The standard InChI is InChI=1S/C13H14BrClO4/c1-3-13(2,12(17)18)10(16)11(14)19-9-6-4-8(15)5-7-9/h4-7,11H,3H2,1-2H3,(H,17,18). The van der Waals surface area contributed by atoms with E-state index in [9.17, 15) is 9.59 Å². The number of carbonyl (C=O) groups is 2. The van der Waals surface area contributed by atoms with Crippen LogP contribution in [0.4, 0.5) is 0 Å². The summed E-state index contributed by atoms with van der Waals surface area (Å²) in [7, 11) is 0. The number of benzene rings is 1. The van der Waals surface area contributed by atoms with Crippen molar-refractivity contribution in [3.8, 4) is 5.75 Å². The maximum atomic E-state index is 12.1. The van der Waals surface area contributed by atoms with Crippen LogP contribution in [0.3, 0.4) is 0 Å². The van der Waals surface area contributed by atoms with Gasteiger partial charge in [-0.15, -0.1) is 0 Å². The van der Waals surface area contributed by atoms with Crippen molar-refractivity contribution in [2.45, 2.75) is 25.3 Å². The van der Waals surface area contributed by atoms with Gasteiger partial charge in [-0.2, -0.15) is 0 Å². The summed E-state index contributed by atoms with van der Waals surface area (Å²) in [6.07, 6.45) is 0.188. The Morgan fingerprint density at radius 3 is 2.37 bits per heavy atom. The van der Waals surface area contributed by atoms with E-state index in [4.69, 9.17) is 21.4 Å². The molecule has 1 N–H and O–H groups in total. The van der Waals surface area contributed by atoms with Crippen molar-refractivity contribution >= 4 is 39.3 Å². The molecule has 0 aliphatic carbocycles. The van der Waals surface area contributed by atoms with Gasteiger partial charge in [-0.05, 0) is 53.5 Å². The average molecular weight is 350 g/mol. The molecule has 2 atom stereocenters. The van der Waals surface area contributed by atoms with Crippen LogP contribution < -0.4 is 4.74 Å². The van der Waals surface area contributed by atoms with Gasteiger partial charge in [0.1, 0.15) is 11.2 Å². The van der Waals surface area contributed by atoms with E-state index in [1.54, 1.807) is 31.2 Å². The lowest BCUT2D eigenvalue weighted by Crippen LogP contribution is -2.42. The smallest absolute Gasteiger partial charge is 0.317 e. The summed E-state index contributed by atoms with van der Waals surface area (Å²) in [5.41, 5.74) is -1.47. The maximum absolute atomic E-state index is 12.1. The third-order valence-electron chi connectivity index (χ3n) is 2.98. The fourth-order valence-electron chi connectivity index (χ4n) is 1.37. The molecule has 6 heteroatoms. The van der Waals surface area contributed by atoms with Crippen molar-refractivity contribution in [2.24, 2.45) is 5.41 Å². The van der Waals surface area contributed by atoms with Crippen LogP contribution >= 0.6 is 27.5 Å². The zero-order chi connectivity index (χ0) is 14.6. The van der Waals surface area contributed by atoms with Crippen LogP contribution in [0.25, 0.3) is 0 Å². The van der Waals surface area contributed by atoms with Crippen molar-refractivity contribution in [3.05, 3.63) is 29.3 Å². The molecule has 0 aromatic heterocycles. The van der Waals surface area contributed by atoms with E-state index in [0.717, 1.165) is 0 Å². The van der Waals surface area contributed by atoms with Crippen molar-refractivity contribution < 1.29 is 19.4 Å². The molecule has 2 unspecified atom stereocenters. The number of aliphatic carboxylic acids is 1. The molecular weight excluding hydrogens is 335 g/mol. The molecule has 0 saturated heterocycles. The van der Waals surface area contributed by atoms with Crippen LogP contribution in [-0.2, 0) is 9.59 Å². The fourth-order valence-corrected chi connectivity index (χ4v) is 2.21. The van der Waals surface area contributed by atoms with Crippen LogP contribution in [0.2, 0.25) is 5.02 Å². The number of alkyl halides is 1. The minimum atomic E-state index is -1.47. The first kappa shape index (κ1) is 16.0. The maximum Gasteiger partial charge on any atom is 0.317 e. The predicted octanol–water partition coefficient (Wildman–Crippen LogP) is 3.51. The van der Waals surface area contributed by atoms with Crippen LogP contribution in [0.5, 0.6) is 5.75 Å². The Bertz CT molecular complexity index is 474. The number of carboxylic acids is 1. The van der Waals surface area contributed by atoms with Gasteiger partial charge in [0, 0.05) is 5.02 Å². The van der Waals surface area contributed by atoms with Gasteiger partial charge in [-0.25, -0.2) is 0 Å². The minimum Gasteiger partial charge on any atom is -0.481 e. The van der Waals surface area contributed by atoms with E-state index in [0.29, 0.717) is 10.8 Å². The first-order chi connectivity index (χ1) is 8.81. The van der Waals surface area contributed by atoms with Crippen molar-refractivity contribution in [3.63, 3.8) is 0 Å². The van der Waals surface area contributed by atoms with Crippen molar-refractivity contribution in [2.75, 3.05) is 0 Å². The van der Waals surface area contributed by atoms with Crippen molar-refractivity contribution in [1.82, 2.24) is 0 Å². The summed E-state index contributed by atoms with van der Waals surface area (Å²) in [5.74, 6) is -1.26. The zero-order valence-corrected chi connectivity index (χ0v) is 12.9. The van der Waals surface area contributed by atoms with Crippen molar-refractivity contribution in [1.29, 1.82) is 0 Å². The summed E-state index contributed by atoms with van der Waals surface area (Å²) < 4.78 is 5.37. The van der Waals surface area contributed by atoms with E-state index in [-0.39, 0.29) is 6.42 Å². The molecule has 0 spiro atoms. The van der Waals surface area contributed by atoms with Gasteiger partial charge in [-0.3, -0.25) is 9.59 Å². The van der Waals surface area contributed by atoms with Crippen LogP contribution in [0, 0.1) is 5.41 Å². The van der Waals surface area contributed by atoms with E-state index < -0.39 is 22.2 Å². The van der Waals surface area contributed by atoms with Crippen LogP contribution in [0.1, 0.15) is 20.3 Å². The molecule has 0 bridgehead atoms. The molecule has 0 radical (unpaired) electrons. The largest absolute Gasteiger partial charge is 0.481 e. The third kappa shape index (κ3) is 3.70. The van der Waals surface area contributed by atoms with Gasteiger partial charge >= 0.3 is 5.97 Å². The molecule has 0 saturated carbocycles. The third-order valence-corrected chi connectivity index (χ3v) is 3.84. The number of carboxylic acid groups (broad SMARTS) is 1. The molecular formula is C13H14BrClO4. The molecule has 0 aliphatic heterocycles. The lowest BCUT2D eigenvalue weighted by molar-refractivity contribution is -0.155. The Hall–Kier alpha value is -1.07. The van der Waals surface area contributed by atoms with E-state index >= 15 is 0 Å². The summed E-state index contributed by atoms with van der Waals surface area (Å²) in [4.78, 5) is 23.3. The molecule has 1 aromatic carbocycles. The summed E-state index contributed by atoms with van der Waals surface area (Å²) in [5, 5.41) is 8.67. The van der Waals surface area contributed by atoms with Crippen LogP contribution in [-0.4, -0.2) is 21.9 Å². The second kappa shape index (κ2) is 6.39. The average Bonchev–Trinajstić information content (AvgIpc) is 2.39. The first-order valence-corrected chi connectivity index (χ1v) is 6.94. The number of Topliss-reactive ketones (excluding diaryl/α,β-unsaturated/α-hetero) is 1. The Morgan fingerprint density at radius 1 is 1.42 bits per heavy atom. The monoisotopic (exact) mass is 348 g/mol. The molecule has 4 nitrogen and oxygen atoms in total. The number of halogens is 2. The Morgan fingerprint density at radius 2 is 1.95 bits per heavy atom. The molecule has 1 aromatic rings. The lowest BCUT2D eigenvalue weighted by Gasteiger charge is -2.24. The molecule has 19 heavy (non-hydrogen) atoms. The highest BCUT2D eigenvalue weighted by molar-refractivity contribution is 9.09. The quantitative estimate of drug-likeness (QED) is 0.630. The number of carbonyl (C=O) groups excluding carboxylic acids is 1. The highest BCUT2D eigenvalue weighted by Gasteiger charge is 2.43. The first-order valence-electron chi connectivity index (χ1n) is 5.65. The molecule has 0 fully saturated rings. The molecule has 1 rings (SSSR count). The van der Waals surface area contributed by atoms with Gasteiger partial charge in [-0.1, -0.05) is 18.5 Å². The topological polar surface area (TPSA) is 63.6 Å². The molecule has 104 valence electrons. The van der Waals surface area contributed by atoms with Gasteiger partial charge in [0.15, 0.2) is 0 Å². The summed E-state index contributed by atoms with van der Waals surface area (Å²) >= 11 is 8.81. The Balaban J connectivity index is 2.83. The van der Waals surface area contributed by atoms with E-state index in [1.165, 1.54) is 6.92 Å². The Labute approximate surface area is 124 Å². The molecule has 0 amide bonds. The molecule has 0 heterocycles. The van der Waals surface area contributed by atoms with Gasteiger partial charge in [0.05, 0.1) is 0 Å². The number of rotatable bonds is 6.